The second-order valence-corrected chi connectivity index (χ2v) is 8.50. The summed E-state index contributed by atoms with van der Waals surface area (Å²) in [7, 11) is 0. The molecule has 2 aromatic heterocycles. The third-order valence-corrected chi connectivity index (χ3v) is 6.24. The molecule has 2 aromatic carbocycles. The summed E-state index contributed by atoms with van der Waals surface area (Å²) in [6.45, 7) is 1.00. The molecule has 190 valence electrons. The van der Waals surface area contributed by atoms with Gasteiger partial charge in [0.2, 0.25) is 0 Å². The summed E-state index contributed by atoms with van der Waals surface area (Å²) in [5.74, 6) is -3.93. The van der Waals surface area contributed by atoms with Crippen molar-refractivity contribution >= 4 is 17.7 Å². The van der Waals surface area contributed by atoms with E-state index in [0.29, 0.717) is 18.2 Å². The number of amides is 1. The number of hydrogen-bond donors (Lipinski definition) is 2. The van der Waals surface area contributed by atoms with Gasteiger partial charge in [0.25, 0.3) is 5.91 Å². The fourth-order valence-electron chi connectivity index (χ4n) is 4.57. The van der Waals surface area contributed by atoms with Gasteiger partial charge in [0.15, 0.2) is 23.0 Å². The molecule has 2 atom stereocenters. The summed E-state index contributed by atoms with van der Waals surface area (Å²) in [6, 6.07) is 11.1. The highest BCUT2D eigenvalue weighted by Gasteiger charge is 2.37. The zero-order valence-corrected chi connectivity index (χ0v) is 19.4. The number of carbonyl (C=O) groups is 2. The number of fused-ring (bicyclic) bond motifs is 2. The van der Waals surface area contributed by atoms with Gasteiger partial charge in [-0.05, 0) is 42.3 Å². The van der Waals surface area contributed by atoms with E-state index in [9.17, 15) is 22.8 Å². The van der Waals surface area contributed by atoms with Crippen LogP contribution in [0.5, 0.6) is 5.75 Å². The standard InChI is InChI=1S/C26H20F3N3O5/c1-13-23(25(33)31-22-15-6-3-2-5-14(15)11-20(22)37-26(34)35)32-10-4-7-19(24(32)30-13)36-12-16-17(27)8-9-18(28)21(16)29/h2-10,20,22H,11-12H2,1H3,(H,31,33)(H,34,35)/t20-,22+/m1/s1. The molecule has 0 aliphatic heterocycles. The number of halogens is 3. The molecule has 0 saturated carbocycles. The molecule has 1 aliphatic carbocycles. The molecular formula is C26H20F3N3O5. The zero-order valence-electron chi connectivity index (χ0n) is 19.4. The van der Waals surface area contributed by atoms with E-state index in [1.165, 1.54) is 10.5 Å². The highest BCUT2D eigenvalue weighted by Crippen LogP contribution is 2.34. The predicted octanol–water partition coefficient (Wildman–Crippen LogP) is 4.73. The van der Waals surface area contributed by atoms with E-state index in [1.54, 1.807) is 31.3 Å². The Bertz CT molecular complexity index is 1540. The van der Waals surface area contributed by atoms with Crippen molar-refractivity contribution in [3.8, 4) is 5.75 Å². The number of imidazole rings is 1. The molecule has 37 heavy (non-hydrogen) atoms. The Hall–Kier alpha value is -4.54. The molecule has 0 saturated heterocycles. The predicted molar refractivity (Wildman–Crippen MR) is 124 cm³/mol. The molecule has 0 fully saturated rings. The molecule has 0 radical (unpaired) electrons. The summed E-state index contributed by atoms with van der Waals surface area (Å²) in [5, 5.41) is 12.0. The topological polar surface area (TPSA) is 102 Å². The fraction of sp³-hybridized carbons (Fsp3) is 0.192. The van der Waals surface area contributed by atoms with Crippen LogP contribution in [0.4, 0.5) is 18.0 Å². The van der Waals surface area contributed by atoms with Crippen molar-refractivity contribution in [2.24, 2.45) is 0 Å². The molecule has 5 rings (SSSR count). The van der Waals surface area contributed by atoms with Crippen molar-refractivity contribution in [2.75, 3.05) is 0 Å². The van der Waals surface area contributed by atoms with E-state index in [2.05, 4.69) is 10.3 Å². The zero-order chi connectivity index (χ0) is 26.3. The molecule has 4 aromatic rings. The van der Waals surface area contributed by atoms with Crippen LogP contribution >= 0.6 is 0 Å². The summed E-state index contributed by atoms with van der Waals surface area (Å²) in [5.41, 5.74) is 1.72. The number of benzene rings is 2. The molecule has 11 heteroatoms. The summed E-state index contributed by atoms with van der Waals surface area (Å²) in [4.78, 5) is 29.0. The summed E-state index contributed by atoms with van der Waals surface area (Å²) in [6.07, 6.45) is -0.386. The van der Waals surface area contributed by atoms with E-state index >= 15 is 0 Å². The van der Waals surface area contributed by atoms with Crippen LogP contribution < -0.4 is 10.1 Å². The number of carbonyl (C=O) groups excluding carboxylic acids is 1. The average Bonchev–Trinajstić information content (AvgIpc) is 3.38. The van der Waals surface area contributed by atoms with Gasteiger partial charge in [0, 0.05) is 12.6 Å². The molecular weight excluding hydrogens is 491 g/mol. The monoisotopic (exact) mass is 511 g/mol. The summed E-state index contributed by atoms with van der Waals surface area (Å²) < 4.78 is 53.7. The van der Waals surface area contributed by atoms with Gasteiger partial charge in [0.1, 0.15) is 24.2 Å². The largest absolute Gasteiger partial charge is 0.506 e. The number of aryl methyl sites for hydroxylation is 1. The molecule has 0 unspecified atom stereocenters. The third kappa shape index (κ3) is 4.44. The second kappa shape index (κ2) is 9.49. The lowest BCUT2D eigenvalue weighted by atomic mass is 10.1. The van der Waals surface area contributed by atoms with Crippen molar-refractivity contribution in [3.05, 3.63) is 100 Å². The quantitative estimate of drug-likeness (QED) is 0.287. The number of rotatable bonds is 6. The number of nitrogens with zero attached hydrogens (tertiary/aromatic N) is 2. The number of aromatic nitrogens is 2. The smallest absolute Gasteiger partial charge is 0.485 e. The first-order chi connectivity index (χ1) is 17.7. The van der Waals surface area contributed by atoms with Crippen molar-refractivity contribution in [2.45, 2.75) is 32.1 Å². The van der Waals surface area contributed by atoms with Gasteiger partial charge in [-0.1, -0.05) is 24.3 Å². The van der Waals surface area contributed by atoms with Crippen molar-refractivity contribution in [3.63, 3.8) is 0 Å². The minimum atomic E-state index is -1.45. The first-order valence-electron chi connectivity index (χ1n) is 11.3. The minimum absolute atomic E-state index is 0.117. The van der Waals surface area contributed by atoms with E-state index in [0.717, 1.165) is 17.2 Å². The highest BCUT2D eigenvalue weighted by atomic mass is 19.2. The number of carboxylic acid groups (broad SMARTS) is 1. The first kappa shape index (κ1) is 24.2. The van der Waals surface area contributed by atoms with E-state index in [-0.39, 0.29) is 17.1 Å². The van der Waals surface area contributed by atoms with Crippen LogP contribution in [0.15, 0.2) is 54.7 Å². The van der Waals surface area contributed by atoms with Crippen molar-refractivity contribution in [1.82, 2.24) is 14.7 Å². The van der Waals surface area contributed by atoms with Crippen LogP contribution in [0.3, 0.4) is 0 Å². The lowest BCUT2D eigenvalue weighted by Crippen LogP contribution is -2.37. The second-order valence-electron chi connectivity index (χ2n) is 8.50. The number of pyridine rings is 1. The first-order valence-corrected chi connectivity index (χ1v) is 11.3. The Morgan fingerprint density at radius 3 is 2.65 bits per heavy atom. The van der Waals surface area contributed by atoms with Gasteiger partial charge in [-0.15, -0.1) is 0 Å². The Balaban J connectivity index is 1.44. The van der Waals surface area contributed by atoms with Crippen LogP contribution in [0.1, 0.15) is 38.9 Å². The van der Waals surface area contributed by atoms with Gasteiger partial charge < -0.3 is 19.9 Å². The van der Waals surface area contributed by atoms with Crippen molar-refractivity contribution < 1.29 is 37.3 Å². The third-order valence-electron chi connectivity index (χ3n) is 6.24. The summed E-state index contributed by atoms with van der Waals surface area (Å²) >= 11 is 0. The Kier molecular flexibility index (Phi) is 6.20. The number of nitrogens with one attached hydrogen (secondary N) is 1. The minimum Gasteiger partial charge on any atom is -0.485 e. The molecule has 1 amide bonds. The SMILES string of the molecule is Cc1nc2c(OCc3c(F)ccc(F)c3F)cccn2c1C(=O)N[C@H]1c2ccccc2C[C@H]1OC(=O)O. The number of ether oxygens (including phenoxy) is 2. The molecule has 0 spiro atoms. The van der Waals surface area contributed by atoms with Crippen LogP contribution in [0, 0.1) is 24.4 Å². The Morgan fingerprint density at radius 2 is 1.86 bits per heavy atom. The molecule has 8 nitrogen and oxygen atoms in total. The molecule has 2 heterocycles. The highest BCUT2D eigenvalue weighted by molar-refractivity contribution is 5.95. The van der Waals surface area contributed by atoms with Gasteiger partial charge in [-0.2, -0.15) is 0 Å². The van der Waals surface area contributed by atoms with E-state index in [4.69, 9.17) is 14.6 Å². The maximum Gasteiger partial charge on any atom is 0.506 e. The average molecular weight is 511 g/mol. The van der Waals surface area contributed by atoms with Gasteiger partial charge in [-0.25, -0.2) is 22.9 Å². The number of hydrogen-bond acceptors (Lipinski definition) is 5. The van der Waals surface area contributed by atoms with Gasteiger partial charge in [0.05, 0.1) is 17.3 Å². The Morgan fingerprint density at radius 1 is 1.11 bits per heavy atom. The maximum absolute atomic E-state index is 14.0. The fourth-order valence-corrected chi connectivity index (χ4v) is 4.57. The molecule has 0 bridgehead atoms. The lowest BCUT2D eigenvalue weighted by Gasteiger charge is -2.21. The van der Waals surface area contributed by atoms with Gasteiger partial charge >= 0.3 is 6.16 Å². The van der Waals surface area contributed by atoms with Crippen LogP contribution in [-0.4, -0.2) is 32.7 Å². The van der Waals surface area contributed by atoms with E-state index < -0.39 is 53.8 Å². The molecule has 2 N–H and O–H groups in total. The maximum atomic E-state index is 14.0. The Labute approximate surface area is 208 Å². The van der Waals surface area contributed by atoms with E-state index in [1.807, 2.05) is 12.1 Å². The van der Waals surface area contributed by atoms with Gasteiger partial charge in [-0.3, -0.25) is 9.20 Å². The van der Waals surface area contributed by atoms with Crippen LogP contribution in [0.2, 0.25) is 0 Å². The molecule has 1 aliphatic rings. The lowest BCUT2D eigenvalue weighted by molar-refractivity contribution is 0.0382. The normalized spacial score (nSPS) is 16.4. The van der Waals surface area contributed by atoms with Crippen LogP contribution in [-0.2, 0) is 17.8 Å². The van der Waals surface area contributed by atoms with Crippen LogP contribution in [0.25, 0.3) is 5.65 Å². The van der Waals surface area contributed by atoms with Crippen molar-refractivity contribution in [1.29, 1.82) is 0 Å².